The Morgan fingerprint density at radius 2 is 0.513 bits per heavy atom. The molecule has 0 radical (unpaired) electrons. The zero-order valence-electron chi connectivity index (χ0n) is 41.2. The third-order valence-electron chi connectivity index (χ3n) is 14.9. The van der Waals surface area contributed by atoms with E-state index in [1.165, 1.54) is 24.3 Å². The van der Waals surface area contributed by atoms with E-state index in [-0.39, 0.29) is 11.5 Å². The Hall–Kier alpha value is -8.12. The van der Waals surface area contributed by atoms with Gasteiger partial charge < -0.3 is 18.9 Å². The minimum Gasteiger partial charge on any atom is -0.457 e. The molecule has 10 rings (SSSR count). The lowest BCUT2D eigenvalue weighted by Gasteiger charge is -2.38. The van der Waals surface area contributed by atoms with Crippen molar-refractivity contribution in [2.24, 2.45) is 0 Å². The average Bonchev–Trinajstić information content (AvgIpc) is 3.47. The van der Waals surface area contributed by atoms with E-state index in [1.54, 1.807) is 36.4 Å². The largest absolute Gasteiger partial charge is 0.457 e. The molecule has 2 fully saturated rings. The lowest BCUT2D eigenvalue weighted by Crippen LogP contribution is -2.30. The maximum absolute atomic E-state index is 15.9. The van der Waals surface area contributed by atoms with Crippen LogP contribution in [0.2, 0.25) is 0 Å². The summed E-state index contributed by atoms with van der Waals surface area (Å²) in [5.74, 6) is -19.3. The van der Waals surface area contributed by atoms with Crippen molar-refractivity contribution in [3.63, 3.8) is 0 Å². The number of benzene rings is 8. The van der Waals surface area contributed by atoms with Crippen LogP contribution in [0, 0.1) is 46.5 Å². The van der Waals surface area contributed by atoms with Gasteiger partial charge in [0.25, 0.3) is 0 Å². The van der Waals surface area contributed by atoms with Crippen LogP contribution >= 0.6 is 0 Å². The SMILES string of the molecule is C=Cc1ccc(Oc2ccc(C3(c4ccc(Oc5c(F)c(F)c(-c6c(F)c(F)c(Oc7ccc(C8(c9ccc(Oc%10ccc(C=C)cc%10)cc9)CCCCC8)cc7)c(F)c6F)c(F)c5F)cc4)CCCCC3)cc2)cc1. The van der Waals surface area contributed by atoms with Gasteiger partial charge in [0.1, 0.15) is 34.5 Å². The molecule has 2 saturated carbocycles. The second-order valence-electron chi connectivity index (χ2n) is 19.3. The van der Waals surface area contributed by atoms with Crippen molar-refractivity contribution >= 4 is 12.2 Å². The Bertz CT molecular complexity index is 3110. The van der Waals surface area contributed by atoms with Gasteiger partial charge in [0, 0.05) is 10.8 Å². The number of hydrogen-bond donors (Lipinski definition) is 0. The summed E-state index contributed by atoms with van der Waals surface area (Å²) in [6, 6.07) is 42.7. The van der Waals surface area contributed by atoms with Crippen LogP contribution < -0.4 is 18.9 Å². The van der Waals surface area contributed by atoms with E-state index < -0.39 is 80.0 Å². The fraction of sp³-hybridized carbons (Fsp3) is 0.188. The smallest absolute Gasteiger partial charge is 0.205 e. The van der Waals surface area contributed by atoms with Crippen LogP contribution in [-0.4, -0.2) is 0 Å². The summed E-state index contributed by atoms with van der Waals surface area (Å²) in [5, 5.41) is 0. The van der Waals surface area contributed by atoms with Gasteiger partial charge in [-0.3, -0.25) is 0 Å². The van der Waals surface area contributed by atoms with Gasteiger partial charge in [-0.05, 0) is 132 Å². The van der Waals surface area contributed by atoms with Crippen LogP contribution in [0.3, 0.4) is 0 Å². The first-order chi connectivity index (χ1) is 36.8. The van der Waals surface area contributed by atoms with Crippen molar-refractivity contribution in [1.29, 1.82) is 0 Å². The highest BCUT2D eigenvalue weighted by Gasteiger charge is 2.39. The first-order valence-electron chi connectivity index (χ1n) is 25.1. The molecule has 12 heteroatoms. The molecule has 0 aromatic heterocycles. The van der Waals surface area contributed by atoms with Gasteiger partial charge in [-0.25, -0.2) is 17.6 Å². The van der Waals surface area contributed by atoms with Crippen LogP contribution in [0.1, 0.15) is 97.6 Å². The standard InChI is InChI=1S/C64H50F8O4/c1-3-39-11-23-45(24-12-39)73-47-27-15-41(16-28-47)63(35-7-5-8-36-63)43-19-31-49(32-20-43)75-61-57(69)53(65)51(54(66)58(61)70)52-55(67)59(71)62(60(72)56(52)68)76-50-33-21-44(22-34-50)64(37-9-6-10-38-64)42-17-29-48(30-18-42)74-46-25-13-40(4-2)14-26-46/h3-4,11-34H,1-2,5-10,35-38H2. The second-order valence-corrected chi connectivity index (χ2v) is 19.3. The summed E-state index contributed by atoms with van der Waals surface area (Å²) in [6.45, 7) is 7.54. The Kier molecular flexibility index (Phi) is 14.6. The molecule has 0 amide bonds. The van der Waals surface area contributed by atoms with Crippen LogP contribution in [0.4, 0.5) is 35.1 Å². The lowest BCUT2D eigenvalue weighted by atomic mass is 9.65. The fourth-order valence-corrected chi connectivity index (χ4v) is 10.9. The summed E-state index contributed by atoms with van der Waals surface area (Å²) in [5.41, 5.74) is 0.677. The molecule has 2 aliphatic carbocycles. The molecule has 0 heterocycles. The summed E-state index contributed by atoms with van der Waals surface area (Å²) < 4.78 is 149. The Morgan fingerprint density at radius 1 is 0.289 bits per heavy atom. The van der Waals surface area contributed by atoms with Gasteiger partial charge in [0.15, 0.2) is 23.3 Å². The number of hydrogen-bond acceptors (Lipinski definition) is 4. The highest BCUT2D eigenvalue weighted by molar-refractivity contribution is 5.70. The van der Waals surface area contributed by atoms with Gasteiger partial charge in [0.05, 0.1) is 11.1 Å². The quantitative estimate of drug-likeness (QED) is 0.0757. The van der Waals surface area contributed by atoms with Crippen molar-refractivity contribution in [2.45, 2.75) is 75.0 Å². The predicted octanol–water partition coefficient (Wildman–Crippen LogP) is 19.4. The molecular formula is C64H50F8O4. The van der Waals surface area contributed by atoms with E-state index in [2.05, 4.69) is 13.2 Å². The van der Waals surface area contributed by atoms with Gasteiger partial charge >= 0.3 is 0 Å². The minimum atomic E-state index is -2.36. The van der Waals surface area contributed by atoms with Crippen LogP contribution in [0.25, 0.3) is 23.3 Å². The molecule has 76 heavy (non-hydrogen) atoms. The molecule has 8 aromatic rings. The zero-order chi connectivity index (χ0) is 53.1. The second kappa shape index (κ2) is 21.6. The maximum Gasteiger partial charge on any atom is 0.205 e. The van der Waals surface area contributed by atoms with E-state index in [9.17, 15) is 0 Å². The predicted molar refractivity (Wildman–Crippen MR) is 278 cm³/mol. The van der Waals surface area contributed by atoms with E-state index in [0.29, 0.717) is 23.0 Å². The third kappa shape index (κ3) is 9.84. The topological polar surface area (TPSA) is 36.9 Å². The highest BCUT2D eigenvalue weighted by Crippen LogP contribution is 2.49. The molecule has 0 aliphatic heterocycles. The first-order valence-corrected chi connectivity index (χ1v) is 25.1. The van der Waals surface area contributed by atoms with Crippen molar-refractivity contribution in [3.05, 3.63) is 239 Å². The molecular weight excluding hydrogens is 985 g/mol. The van der Waals surface area contributed by atoms with E-state index in [4.69, 9.17) is 18.9 Å². The summed E-state index contributed by atoms with van der Waals surface area (Å²) >= 11 is 0. The summed E-state index contributed by atoms with van der Waals surface area (Å²) in [4.78, 5) is 0. The Labute approximate surface area is 435 Å². The summed E-state index contributed by atoms with van der Waals surface area (Å²) in [6.07, 6.45) is 12.4. The molecule has 0 N–H and O–H groups in total. The number of rotatable bonds is 15. The number of ether oxygens (including phenoxy) is 4. The Morgan fingerprint density at radius 3 is 0.750 bits per heavy atom. The van der Waals surface area contributed by atoms with Crippen molar-refractivity contribution in [2.75, 3.05) is 0 Å². The average molecular weight is 1040 g/mol. The van der Waals surface area contributed by atoms with E-state index in [1.807, 2.05) is 97.1 Å². The van der Waals surface area contributed by atoms with Crippen LogP contribution in [-0.2, 0) is 10.8 Å². The maximum atomic E-state index is 15.9. The minimum absolute atomic E-state index is 0.227. The monoisotopic (exact) mass is 1030 g/mol. The van der Waals surface area contributed by atoms with Crippen LogP contribution in [0.15, 0.2) is 159 Å². The molecule has 2 aliphatic rings. The zero-order valence-corrected chi connectivity index (χ0v) is 41.2. The van der Waals surface area contributed by atoms with Crippen molar-refractivity contribution < 1.29 is 54.1 Å². The summed E-state index contributed by atoms with van der Waals surface area (Å²) in [7, 11) is 0. The Balaban J connectivity index is 0.868. The molecule has 4 nitrogen and oxygen atoms in total. The molecule has 0 spiro atoms. The van der Waals surface area contributed by atoms with Crippen molar-refractivity contribution in [1.82, 2.24) is 0 Å². The number of halogens is 8. The van der Waals surface area contributed by atoms with E-state index >= 15 is 35.1 Å². The van der Waals surface area contributed by atoms with Gasteiger partial charge in [-0.1, -0.05) is 137 Å². The third-order valence-corrected chi connectivity index (χ3v) is 14.9. The highest BCUT2D eigenvalue weighted by atomic mass is 19.2. The van der Waals surface area contributed by atoms with Crippen molar-refractivity contribution in [3.8, 4) is 57.1 Å². The molecule has 8 aromatic carbocycles. The molecule has 386 valence electrons. The first kappa shape index (κ1) is 51.4. The lowest BCUT2D eigenvalue weighted by molar-refractivity contribution is 0.344. The normalized spacial score (nSPS) is 14.9. The molecule has 0 saturated heterocycles. The van der Waals surface area contributed by atoms with Gasteiger partial charge in [-0.2, -0.15) is 17.6 Å². The van der Waals surface area contributed by atoms with Gasteiger partial charge in [0.2, 0.25) is 34.8 Å². The molecule has 0 bridgehead atoms. The molecule has 0 atom stereocenters. The molecule has 0 unspecified atom stereocenters. The van der Waals surface area contributed by atoms with Crippen LogP contribution in [0.5, 0.6) is 46.0 Å². The van der Waals surface area contributed by atoms with Gasteiger partial charge in [-0.15, -0.1) is 0 Å². The van der Waals surface area contributed by atoms with E-state index in [0.717, 1.165) is 97.6 Å². The fourth-order valence-electron chi connectivity index (χ4n) is 10.9.